The van der Waals surface area contributed by atoms with E-state index >= 15 is 0 Å². The van der Waals surface area contributed by atoms with Crippen molar-refractivity contribution in [3.05, 3.63) is 72.2 Å². The molecule has 0 aliphatic carbocycles. The van der Waals surface area contributed by atoms with E-state index < -0.39 is 0 Å². The zero-order valence-corrected chi connectivity index (χ0v) is 23.7. The molecule has 0 N–H and O–H groups in total. The van der Waals surface area contributed by atoms with E-state index in [-0.39, 0.29) is 0 Å². The second-order valence-corrected chi connectivity index (χ2v) is 10.6. The Morgan fingerprint density at radius 1 is 0.854 bits per heavy atom. The maximum Gasteiger partial charge on any atom is 0.160 e. The fourth-order valence-electron chi connectivity index (χ4n) is 5.96. The van der Waals surface area contributed by atoms with Crippen LogP contribution in [0.4, 0.5) is 11.5 Å². The predicted octanol–water partition coefficient (Wildman–Crippen LogP) is 3.80. The zero-order valence-electron chi connectivity index (χ0n) is 23.7. The van der Waals surface area contributed by atoms with Gasteiger partial charge in [-0.15, -0.1) is 0 Å². The van der Waals surface area contributed by atoms with Crippen molar-refractivity contribution in [3.63, 3.8) is 0 Å². The molecule has 0 atom stereocenters. The van der Waals surface area contributed by atoms with Crippen molar-refractivity contribution in [2.24, 2.45) is 0 Å². The lowest BCUT2D eigenvalue weighted by molar-refractivity contribution is 0.122. The summed E-state index contributed by atoms with van der Waals surface area (Å²) in [4.78, 5) is 17.3. The monoisotopic (exact) mass is 552 g/mol. The average Bonchev–Trinajstić information content (AvgIpc) is 3.62. The van der Waals surface area contributed by atoms with Gasteiger partial charge in [0.25, 0.3) is 0 Å². The highest BCUT2D eigenvalue weighted by atomic mass is 16.5. The lowest BCUT2D eigenvalue weighted by Gasteiger charge is -2.35. The SMILES string of the molecule is CCc1nc2ccccc2n1-c1cc(N2CCOCC2)n2nc(CN3CCN(c4ccc(OC)cc4)CC3)cc2n1. The van der Waals surface area contributed by atoms with Gasteiger partial charge < -0.3 is 19.3 Å². The van der Waals surface area contributed by atoms with Gasteiger partial charge in [0, 0.05) is 70.1 Å². The van der Waals surface area contributed by atoms with E-state index in [1.807, 2.05) is 22.7 Å². The quantitative estimate of drug-likeness (QED) is 0.302. The number of nitrogens with zero attached hydrogens (tertiary/aromatic N) is 8. The van der Waals surface area contributed by atoms with Crippen LogP contribution in [-0.2, 0) is 17.7 Å². The van der Waals surface area contributed by atoms with E-state index in [9.17, 15) is 0 Å². The molecule has 5 aromatic rings. The molecular formula is C31H36N8O2. The second kappa shape index (κ2) is 11.0. The van der Waals surface area contributed by atoms with Crippen LogP contribution in [0.15, 0.2) is 60.7 Å². The molecule has 0 saturated carbocycles. The Labute approximate surface area is 239 Å². The van der Waals surface area contributed by atoms with Crippen LogP contribution in [0.25, 0.3) is 22.5 Å². The van der Waals surface area contributed by atoms with E-state index in [1.54, 1.807) is 7.11 Å². The van der Waals surface area contributed by atoms with E-state index in [0.29, 0.717) is 13.2 Å². The number of hydrogen-bond acceptors (Lipinski definition) is 8. The number of hydrogen-bond donors (Lipinski definition) is 0. The summed E-state index contributed by atoms with van der Waals surface area (Å²) in [6.45, 7) is 9.93. The summed E-state index contributed by atoms with van der Waals surface area (Å²) in [7, 11) is 1.70. The van der Waals surface area contributed by atoms with Gasteiger partial charge in [-0.05, 0) is 36.4 Å². The second-order valence-electron chi connectivity index (χ2n) is 10.6. The largest absolute Gasteiger partial charge is 0.497 e. The van der Waals surface area contributed by atoms with E-state index in [1.165, 1.54) is 5.69 Å². The van der Waals surface area contributed by atoms with Gasteiger partial charge in [0.2, 0.25) is 0 Å². The highest BCUT2D eigenvalue weighted by Crippen LogP contribution is 2.27. The van der Waals surface area contributed by atoms with Gasteiger partial charge in [-0.25, -0.2) is 9.97 Å². The van der Waals surface area contributed by atoms with Crippen LogP contribution in [0.3, 0.4) is 0 Å². The Bertz CT molecular complexity index is 1650. The molecule has 10 nitrogen and oxygen atoms in total. The van der Waals surface area contributed by atoms with Crippen LogP contribution in [0, 0.1) is 0 Å². The summed E-state index contributed by atoms with van der Waals surface area (Å²) in [6, 6.07) is 20.9. The number of anilines is 2. The lowest BCUT2D eigenvalue weighted by Crippen LogP contribution is -2.46. The van der Waals surface area contributed by atoms with Gasteiger partial charge in [0.05, 0.1) is 37.1 Å². The fraction of sp³-hybridized carbons (Fsp3) is 0.387. The van der Waals surface area contributed by atoms with Crippen molar-refractivity contribution in [1.82, 2.24) is 29.0 Å². The number of benzene rings is 2. The molecule has 212 valence electrons. The number of para-hydroxylation sites is 2. The summed E-state index contributed by atoms with van der Waals surface area (Å²) in [5.74, 6) is 3.82. The molecule has 0 amide bonds. The normalized spacial score (nSPS) is 16.6. The number of piperazine rings is 1. The highest BCUT2D eigenvalue weighted by molar-refractivity contribution is 5.78. The minimum atomic E-state index is 0.708. The Morgan fingerprint density at radius 2 is 1.63 bits per heavy atom. The maximum atomic E-state index is 5.67. The van der Waals surface area contributed by atoms with E-state index in [4.69, 9.17) is 24.5 Å². The minimum Gasteiger partial charge on any atom is -0.497 e. The topological polar surface area (TPSA) is 76.2 Å². The van der Waals surface area contributed by atoms with Crippen LogP contribution in [0.5, 0.6) is 5.75 Å². The molecule has 2 saturated heterocycles. The molecule has 3 aromatic heterocycles. The smallest absolute Gasteiger partial charge is 0.160 e. The van der Waals surface area contributed by atoms with Crippen LogP contribution in [0.2, 0.25) is 0 Å². The number of methoxy groups -OCH3 is 1. The third-order valence-corrected chi connectivity index (χ3v) is 8.15. The summed E-state index contributed by atoms with van der Waals surface area (Å²) >= 11 is 0. The Kier molecular flexibility index (Phi) is 6.93. The van der Waals surface area contributed by atoms with Gasteiger partial charge in [-0.2, -0.15) is 9.61 Å². The summed E-state index contributed by atoms with van der Waals surface area (Å²) in [5.41, 5.74) is 5.19. The summed E-state index contributed by atoms with van der Waals surface area (Å²) in [6.07, 6.45) is 0.821. The molecule has 41 heavy (non-hydrogen) atoms. The molecule has 0 spiro atoms. The predicted molar refractivity (Wildman–Crippen MR) is 161 cm³/mol. The molecule has 5 heterocycles. The molecule has 2 fully saturated rings. The first-order valence-corrected chi connectivity index (χ1v) is 14.5. The van der Waals surface area contributed by atoms with Crippen molar-refractivity contribution in [2.75, 3.05) is 69.4 Å². The van der Waals surface area contributed by atoms with Gasteiger partial charge in [0.15, 0.2) is 5.65 Å². The fourth-order valence-corrected chi connectivity index (χ4v) is 5.96. The molecule has 2 aliphatic rings. The number of fused-ring (bicyclic) bond motifs is 2. The Morgan fingerprint density at radius 3 is 2.39 bits per heavy atom. The number of rotatable bonds is 7. The van der Waals surface area contributed by atoms with Crippen molar-refractivity contribution in [1.29, 1.82) is 0 Å². The van der Waals surface area contributed by atoms with Gasteiger partial charge >= 0.3 is 0 Å². The van der Waals surface area contributed by atoms with Crippen molar-refractivity contribution < 1.29 is 9.47 Å². The van der Waals surface area contributed by atoms with Crippen molar-refractivity contribution in [3.8, 4) is 11.6 Å². The molecule has 7 rings (SSSR count). The van der Waals surface area contributed by atoms with Gasteiger partial charge in [-0.1, -0.05) is 19.1 Å². The number of morpholine rings is 1. The van der Waals surface area contributed by atoms with Gasteiger partial charge in [0.1, 0.15) is 23.2 Å². The van der Waals surface area contributed by atoms with Gasteiger partial charge in [-0.3, -0.25) is 9.47 Å². The van der Waals surface area contributed by atoms with Crippen LogP contribution < -0.4 is 14.5 Å². The first kappa shape index (κ1) is 25.8. The number of ether oxygens (including phenoxy) is 2. The lowest BCUT2D eigenvalue weighted by atomic mass is 10.2. The number of imidazole rings is 1. The minimum absolute atomic E-state index is 0.708. The Hall–Kier alpha value is -4.15. The maximum absolute atomic E-state index is 5.67. The summed E-state index contributed by atoms with van der Waals surface area (Å²) in [5, 5.41) is 5.08. The van der Waals surface area contributed by atoms with Crippen LogP contribution in [0.1, 0.15) is 18.4 Å². The van der Waals surface area contributed by atoms with Crippen LogP contribution >= 0.6 is 0 Å². The first-order valence-electron chi connectivity index (χ1n) is 14.5. The molecule has 0 bridgehead atoms. The molecule has 2 aliphatic heterocycles. The third-order valence-electron chi connectivity index (χ3n) is 8.15. The Balaban J connectivity index is 1.18. The number of aryl methyl sites for hydroxylation is 1. The number of aromatic nitrogens is 5. The molecule has 0 radical (unpaired) electrons. The molecule has 0 unspecified atom stereocenters. The van der Waals surface area contributed by atoms with E-state index in [0.717, 1.165) is 97.8 Å². The van der Waals surface area contributed by atoms with Crippen molar-refractivity contribution in [2.45, 2.75) is 19.9 Å². The van der Waals surface area contributed by atoms with Crippen molar-refractivity contribution >= 4 is 28.2 Å². The average molecular weight is 553 g/mol. The zero-order chi connectivity index (χ0) is 27.8. The molecular weight excluding hydrogens is 516 g/mol. The van der Waals surface area contributed by atoms with Crippen LogP contribution in [-0.4, -0.2) is 88.6 Å². The molecule has 2 aromatic carbocycles. The molecule has 10 heteroatoms. The van der Waals surface area contributed by atoms with E-state index in [2.05, 4.69) is 68.7 Å². The third kappa shape index (κ3) is 4.98. The highest BCUT2D eigenvalue weighted by Gasteiger charge is 2.23. The summed E-state index contributed by atoms with van der Waals surface area (Å²) < 4.78 is 15.2. The standard InChI is InChI=1S/C31H36N8O2/c1-3-28-32-26-6-4-5-7-27(26)38(28)29-21-31(37-16-18-41-19-17-37)39-30(33-29)20-23(34-39)22-35-12-14-36(15-13-35)24-8-10-25(40-2)11-9-24/h4-11,20-21H,3,12-19,22H2,1-2H3. The first-order chi connectivity index (χ1) is 20.2.